The lowest BCUT2D eigenvalue weighted by Crippen LogP contribution is -2.55. The Morgan fingerprint density at radius 1 is 1.16 bits per heavy atom. The second-order valence-electron chi connectivity index (χ2n) is 6.65. The molecular weight excluding hydrogens is 244 g/mol. The standard InChI is InChI=1S/C13H18N4O2/c18-12(19)10-11(16-17-15-10)14-13-4-7-1-8(5-13)3-9(2-7)6-13/h7-9H,1-6H2,(H,18,19)(H2,14,15,16,17). The highest BCUT2D eigenvalue weighted by molar-refractivity contribution is 5.90. The average Bonchev–Trinajstić information content (AvgIpc) is 2.74. The number of carboxylic acids is 1. The number of aromatic carboxylic acids is 1. The number of hydrogen-bond acceptors (Lipinski definition) is 4. The third-order valence-electron chi connectivity index (χ3n) is 5.17. The molecule has 1 heterocycles. The van der Waals surface area contributed by atoms with Gasteiger partial charge in [-0.1, -0.05) is 0 Å². The number of anilines is 1. The van der Waals surface area contributed by atoms with Gasteiger partial charge in [0.2, 0.25) is 5.69 Å². The molecule has 6 nitrogen and oxygen atoms in total. The predicted octanol–water partition coefficient (Wildman–Crippen LogP) is 1.88. The van der Waals surface area contributed by atoms with Crippen LogP contribution in [0.1, 0.15) is 49.0 Å². The Balaban J connectivity index is 1.62. The molecule has 5 rings (SSSR count). The Hall–Kier alpha value is -1.59. The van der Waals surface area contributed by atoms with Crippen molar-refractivity contribution in [2.45, 2.75) is 44.1 Å². The molecule has 0 unspecified atom stereocenters. The van der Waals surface area contributed by atoms with E-state index in [9.17, 15) is 4.79 Å². The minimum Gasteiger partial charge on any atom is -0.476 e. The zero-order chi connectivity index (χ0) is 13.0. The molecule has 0 spiro atoms. The molecule has 4 saturated carbocycles. The molecule has 0 atom stereocenters. The van der Waals surface area contributed by atoms with Crippen LogP contribution in [-0.2, 0) is 0 Å². The zero-order valence-electron chi connectivity index (χ0n) is 10.7. The van der Waals surface area contributed by atoms with Gasteiger partial charge in [0, 0.05) is 5.54 Å². The lowest BCUT2D eigenvalue weighted by molar-refractivity contribution is 0.0105. The van der Waals surface area contributed by atoms with Gasteiger partial charge in [0.05, 0.1) is 0 Å². The van der Waals surface area contributed by atoms with Crippen LogP contribution in [0.4, 0.5) is 5.82 Å². The number of carboxylic acid groups (broad SMARTS) is 1. The first-order chi connectivity index (χ1) is 9.13. The van der Waals surface area contributed by atoms with Crippen molar-refractivity contribution in [3.63, 3.8) is 0 Å². The summed E-state index contributed by atoms with van der Waals surface area (Å²) in [6.07, 6.45) is 7.57. The van der Waals surface area contributed by atoms with Crippen molar-refractivity contribution in [2.75, 3.05) is 5.32 Å². The molecule has 4 aliphatic carbocycles. The molecule has 19 heavy (non-hydrogen) atoms. The number of rotatable bonds is 3. The van der Waals surface area contributed by atoms with Gasteiger partial charge in [0.25, 0.3) is 0 Å². The quantitative estimate of drug-likeness (QED) is 0.773. The van der Waals surface area contributed by atoms with E-state index in [4.69, 9.17) is 5.11 Å². The Morgan fingerprint density at radius 3 is 2.26 bits per heavy atom. The molecule has 0 saturated heterocycles. The number of nitrogens with zero attached hydrogens (tertiary/aromatic N) is 2. The Kier molecular flexibility index (Phi) is 2.20. The summed E-state index contributed by atoms with van der Waals surface area (Å²) in [4.78, 5) is 11.1. The van der Waals surface area contributed by atoms with Crippen molar-refractivity contribution in [2.24, 2.45) is 17.8 Å². The number of hydrogen-bond donors (Lipinski definition) is 3. The van der Waals surface area contributed by atoms with Crippen LogP contribution in [0.2, 0.25) is 0 Å². The fourth-order valence-electron chi connectivity index (χ4n) is 4.98. The van der Waals surface area contributed by atoms with E-state index in [0.717, 1.165) is 37.0 Å². The van der Waals surface area contributed by atoms with Crippen LogP contribution in [0.15, 0.2) is 0 Å². The number of aromatic amines is 1. The molecule has 0 amide bonds. The van der Waals surface area contributed by atoms with Gasteiger partial charge in [-0.25, -0.2) is 4.79 Å². The van der Waals surface area contributed by atoms with Crippen LogP contribution in [0, 0.1) is 17.8 Å². The highest BCUT2D eigenvalue weighted by Crippen LogP contribution is 2.56. The molecule has 1 aromatic heterocycles. The van der Waals surface area contributed by atoms with Crippen LogP contribution in [0.25, 0.3) is 0 Å². The van der Waals surface area contributed by atoms with Crippen LogP contribution >= 0.6 is 0 Å². The maximum absolute atomic E-state index is 11.1. The summed E-state index contributed by atoms with van der Waals surface area (Å²) < 4.78 is 0. The first-order valence-electron chi connectivity index (χ1n) is 7.06. The van der Waals surface area contributed by atoms with E-state index in [2.05, 4.69) is 20.7 Å². The Bertz CT molecular complexity index is 489. The Labute approximate surface area is 111 Å². The molecule has 0 radical (unpaired) electrons. The second-order valence-corrected chi connectivity index (χ2v) is 6.65. The number of nitrogens with one attached hydrogen (secondary N) is 2. The van der Waals surface area contributed by atoms with E-state index in [0.29, 0.717) is 5.82 Å². The number of carbonyl (C=O) groups is 1. The normalized spacial score (nSPS) is 39.5. The Morgan fingerprint density at radius 2 is 1.74 bits per heavy atom. The van der Waals surface area contributed by atoms with E-state index in [1.807, 2.05) is 0 Å². The fourth-order valence-corrected chi connectivity index (χ4v) is 4.98. The first kappa shape index (κ1) is 11.3. The van der Waals surface area contributed by atoms with E-state index in [1.165, 1.54) is 19.3 Å². The predicted molar refractivity (Wildman–Crippen MR) is 67.9 cm³/mol. The molecule has 0 aromatic carbocycles. The molecule has 6 heteroatoms. The summed E-state index contributed by atoms with van der Waals surface area (Å²) in [5.74, 6) is 1.84. The summed E-state index contributed by atoms with van der Waals surface area (Å²) >= 11 is 0. The third-order valence-corrected chi connectivity index (χ3v) is 5.17. The monoisotopic (exact) mass is 262 g/mol. The molecule has 4 bridgehead atoms. The molecule has 1 aromatic rings. The van der Waals surface area contributed by atoms with E-state index in [-0.39, 0.29) is 11.2 Å². The number of aromatic nitrogens is 3. The van der Waals surface area contributed by atoms with Gasteiger partial charge in [0.15, 0.2) is 5.82 Å². The smallest absolute Gasteiger partial charge is 0.360 e. The van der Waals surface area contributed by atoms with E-state index in [1.54, 1.807) is 0 Å². The number of H-pyrrole nitrogens is 1. The van der Waals surface area contributed by atoms with Gasteiger partial charge in [-0.05, 0) is 56.3 Å². The summed E-state index contributed by atoms with van der Waals surface area (Å²) in [7, 11) is 0. The highest BCUT2D eigenvalue weighted by atomic mass is 16.4. The van der Waals surface area contributed by atoms with Crippen LogP contribution in [0.3, 0.4) is 0 Å². The maximum Gasteiger partial charge on any atom is 0.360 e. The SMILES string of the molecule is O=C(O)c1n[nH]nc1NC12CC3CC(CC(C3)C1)C2. The van der Waals surface area contributed by atoms with Crippen LogP contribution < -0.4 is 5.32 Å². The van der Waals surface area contributed by atoms with Gasteiger partial charge in [-0.3, -0.25) is 0 Å². The van der Waals surface area contributed by atoms with E-state index < -0.39 is 5.97 Å². The van der Waals surface area contributed by atoms with Crippen LogP contribution in [-0.4, -0.2) is 32.0 Å². The largest absolute Gasteiger partial charge is 0.476 e. The summed E-state index contributed by atoms with van der Waals surface area (Å²) in [6.45, 7) is 0. The van der Waals surface area contributed by atoms with Crippen molar-refractivity contribution in [1.29, 1.82) is 0 Å². The van der Waals surface area contributed by atoms with Gasteiger partial charge < -0.3 is 10.4 Å². The lowest BCUT2D eigenvalue weighted by atomic mass is 9.53. The average molecular weight is 262 g/mol. The van der Waals surface area contributed by atoms with Crippen molar-refractivity contribution in [3.8, 4) is 0 Å². The van der Waals surface area contributed by atoms with Gasteiger partial charge in [-0.15, -0.1) is 10.2 Å². The van der Waals surface area contributed by atoms with Gasteiger partial charge in [-0.2, -0.15) is 5.21 Å². The first-order valence-corrected chi connectivity index (χ1v) is 7.06. The summed E-state index contributed by atoms with van der Waals surface area (Å²) in [6, 6.07) is 0. The van der Waals surface area contributed by atoms with Crippen molar-refractivity contribution >= 4 is 11.8 Å². The molecule has 4 fully saturated rings. The summed E-state index contributed by atoms with van der Waals surface area (Å²) in [5.41, 5.74) is 0.0753. The van der Waals surface area contributed by atoms with Gasteiger partial charge in [0.1, 0.15) is 0 Å². The molecule has 0 aliphatic heterocycles. The van der Waals surface area contributed by atoms with Gasteiger partial charge >= 0.3 is 5.97 Å². The summed E-state index contributed by atoms with van der Waals surface area (Å²) in [5, 5.41) is 22.7. The minimum absolute atomic E-state index is 0.00995. The maximum atomic E-state index is 11.1. The molecule has 102 valence electrons. The highest BCUT2D eigenvalue weighted by Gasteiger charge is 2.51. The van der Waals surface area contributed by atoms with Crippen molar-refractivity contribution in [1.82, 2.24) is 15.4 Å². The fraction of sp³-hybridized carbons (Fsp3) is 0.769. The lowest BCUT2D eigenvalue weighted by Gasteiger charge is -2.57. The van der Waals surface area contributed by atoms with Crippen LogP contribution in [0.5, 0.6) is 0 Å². The zero-order valence-corrected chi connectivity index (χ0v) is 10.7. The minimum atomic E-state index is -1.03. The second kappa shape index (κ2) is 3.71. The third kappa shape index (κ3) is 1.73. The topological polar surface area (TPSA) is 90.9 Å². The molecular formula is C13H18N4O2. The van der Waals surface area contributed by atoms with Crippen molar-refractivity contribution in [3.05, 3.63) is 5.69 Å². The van der Waals surface area contributed by atoms with Crippen molar-refractivity contribution < 1.29 is 9.90 Å². The van der Waals surface area contributed by atoms with E-state index >= 15 is 0 Å². The molecule has 3 N–H and O–H groups in total. The molecule has 4 aliphatic rings.